The van der Waals surface area contributed by atoms with Gasteiger partial charge in [0.1, 0.15) is 5.82 Å². The van der Waals surface area contributed by atoms with E-state index in [0.717, 1.165) is 24.2 Å². The number of nitrogens with one attached hydrogen (secondary N) is 1. The van der Waals surface area contributed by atoms with E-state index in [1.165, 1.54) is 11.6 Å². The fraction of sp³-hybridized carbons (Fsp3) is 0.467. The second kappa shape index (κ2) is 6.55. The van der Waals surface area contributed by atoms with Gasteiger partial charge in [0.05, 0.1) is 0 Å². The number of benzene rings is 1. The zero-order chi connectivity index (χ0) is 12.8. The highest BCUT2D eigenvalue weighted by molar-refractivity contribution is 5.56. The first-order chi connectivity index (χ1) is 7.99. The van der Waals surface area contributed by atoms with Crippen molar-refractivity contribution in [2.24, 2.45) is 5.92 Å². The second-order valence-electron chi connectivity index (χ2n) is 5.02. The van der Waals surface area contributed by atoms with Gasteiger partial charge in [-0.05, 0) is 49.6 Å². The lowest BCUT2D eigenvalue weighted by atomic mass is 10.1. The molecule has 94 valence electrons. The summed E-state index contributed by atoms with van der Waals surface area (Å²) in [5.74, 6) is 0.475. The van der Waals surface area contributed by atoms with Crippen molar-refractivity contribution >= 4 is 6.08 Å². The Morgan fingerprint density at radius 3 is 2.76 bits per heavy atom. The highest BCUT2D eigenvalue weighted by Crippen LogP contribution is 2.13. The van der Waals surface area contributed by atoms with Crippen LogP contribution in [-0.4, -0.2) is 13.1 Å². The first-order valence-corrected chi connectivity index (χ1v) is 6.13. The fourth-order valence-corrected chi connectivity index (χ4v) is 1.64. The highest BCUT2D eigenvalue weighted by atomic mass is 19.1. The molecular weight excluding hydrogens is 213 g/mol. The maximum absolute atomic E-state index is 13.1. The third-order valence-electron chi connectivity index (χ3n) is 2.60. The van der Waals surface area contributed by atoms with Crippen LogP contribution >= 0.6 is 0 Å². The van der Waals surface area contributed by atoms with Crippen LogP contribution in [0.4, 0.5) is 4.39 Å². The summed E-state index contributed by atoms with van der Waals surface area (Å²) in [6.45, 7) is 10.3. The van der Waals surface area contributed by atoms with Gasteiger partial charge in [0.15, 0.2) is 0 Å². The average Bonchev–Trinajstić information content (AvgIpc) is 2.23. The molecule has 0 amide bonds. The molecule has 0 aromatic heterocycles. The molecule has 1 rings (SSSR count). The number of halogens is 1. The lowest BCUT2D eigenvalue weighted by Gasteiger charge is -2.08. The summed E-state index contributed by atoms with van der Waals surface area (Å²) in [6.07, 6.45) is 2.05. The van der Waals surface area contributed by atoms with Gasteiger partial charge in [0, 0.05) is 6.54 Å². The molecule has 1 N–H and O–H groups in total. The Labute approximate surface area is 104 Å². The molecule has 1 nitrogen and oxygen atoms in total. The smallest absolute Gasteiger partial charge is 0.123 e. The van der Waals surface area contributed by atoms with Gasteiger partial charge < -0.3 is 5.32 Å². The zero-order valence-electron chi connectivity index (χ0n) is 11.2. The summed E-state index contributed by atoms with van der Waals surface area (Å²) in [5.41, 5.74) is 3.29. The van der Waals surface area contributed by atoms with Gasteiger partial charge in [-0.2, -0.15) is 0 Å². The van der Waals surface area contributed by atoms with Crippen LogP contribution in [0, 0.1) is 18.7 Å². The van der Waals surface area contributed by atoms with E-state index in [0.29, 0.717) is 5.92 Å². The van der Waals surface area contributed by atoms with Crippen molar-refractivity contribution in [1.82, 2.24) is 5.32 Å². The van der Waals surface area contributed by atoms with E-state index in [9.17, 15) is 4.39 Å². The van der Waals surface area contributed by atoms with Crippen molar-refractivity contribution in [2.75, 3.05) is 13.1 Å². The number of rotatable bonds is 5. The molecule has 0 aliphatic rings. The van der Waals surface area contributed by atoms with Crippen LogP contribution in [0.25, 0.3) is 6.08 Å². The molecule has 0 atom stereocenters. The SMILES string of the molecule is C/C(=C\c1cc(F)ccc1C)CNCC(C)C. The molecule has 0 fully saturated rings. The molecule has 1 aromatic carbocycles. The van der Waals surface area contributed by atoms with Gasteiger partial charge in [0.25, 0.3) is 0 Å². The molecular formula is C15H22FN. The van der Waals surface area contributed by atoms with Crippen LogP contribution in [0.2, 0.25) is 0 Å². The lowest BCUT2D eigenvalue weighted by Crippen LogP contribution is -2.21. The molecule has 0 bridgehead atoms. The third kappa shape index (κ3) is 5.14. The normalized spacial score (nSPS) is 12.2. The molecule has 17 heavy (non-hydrogen) atoms. The van der Waals surface area contributed by atoms with E-state index >= 15 is 0 Å². The molecule has 0 unspecified atom stereocenters. The van der Waals surface area contributed by atoms with E-state index in [2.05, 4.69) is 26.1 Å². The molecule has 1 aromatic rings. The largest absolute Gasteiger partial charge is 0.313 e. The van der Waals surface area contributed by atoms with E-state index in [-0.39, 0.29) is 5.82 Å². The number of hydrogen-bond acceptors (Lipinski definition) is 1. The van der Waals surface area contributed by atoms with Gasteiger partial charge in [-0.1, -0.05) is 31.6 Å². The van der Waals surface area contributed by atoms with Crippen LogP contribution < -0.4 is 5.32 Å². The topological polar surface area (TPSA) is 12.0 Å². The predicted molar refractivity (Wildman–Crippen MR) is 72.5 cm³/mol. The first kappa shape index (κ1) is 13.9. The van der Waals surface area contributed by atoms with Gasteiger partial charge in [-0.15, -0.1) is 0 Å². The molecule has 0 aliphatic carbocycles. The third-order valence-corrected chi connectivity index (χ3v) is 2.60. The van der Waals surface area contributed by atoms with Crippen molar-refractivity contribution in [1.29, 1.82) is 0 Å². The minimum Gasteiger partial charge on any atom is -0.313 e. The Balaban J connectivity index is 2.63. The van der Waals surface area contributed by atoms with E-state index in [1.807, 2.05) is 19.1 Å². The van der Waals surface area contributed by atoms with E-state index < -0.39 is 0 Å². The molecule has 0 spiro atoms. The maximum atomic E-state index is 13.1. The lowest BCUT2D eigenvalue weighted by molar-refractivity contribution is 0.572. The van der Waals surface area contributed by atoms with E-state index in [4.69, 9.17) is 0 Å². The second-order valence-corrected chi connectivity index (χ2v) is 5.02. The highest BCUT2D eigenvalue weighted by Gasteiger charge is 1.99. The fourth-order valence-electron chi connectivity index (χ4n) is 1.64. The molecule has 0 saturated carbocycles. The van der Waals surface area contributed by atoms with E-state index in [1.54, 1.807) is 6.07 Å². The predicted octanol–water partition coefficient (Wildman–Crippen LogP) is 3.78. The van der Waals surface area contributed by atoms with Gasteiger partial charge in [-0.25, -0.2) is 4.39 Å². The molecule has 0 aliphatic heterocycles. The Morgan fingerprint density at radius 2 is 2.12 bits per heavy atom. The number of aryl methyl sites for hydroxylation is 1. The Bertz CT molecular complexity index is 394. The van der Waals surface area contributed by atoms with Crippen LogP contribution in [0.5, 0.6) is 0 Å². The molecule has 0 heterocycles. The number of hydrogen-bond donors (Lipinski definition) is 1. The maximum Gasteiger partial charge on any atom is 0.123 e. The molecule has 0 saturated heterocycles. The summed E-state index contributed by atoms with van der Waals surface area (Å²) in [7, 11) is 0. The van der Waals surface area contributed by atoms with Crippen molar-refractivity contribution in [3.63, 3.8) is 0 Å². The van der Waals surface area contributed by atoms with Crippen LogP contribution in [0.3, 0.4) is 0 Å². The van der Waals surface area contributed by atoms with Crippen molar-refractivity contribution in [3.05, 3.63) is 40.7 Å². The summed E-state index contributed by atoms with van der Waals surface area (Å²) >= 11 is 0. The van der Waals surface area contributed by atoms with Crippen LogP contribution in [0.15, 0.2) is 23.8 Å². The van der Waals surface area contributed by atoms with Crippen LogP contribution in [-0.2, 0) is 0 Å². The van der Waals surface area contributed by atoms with Crippen LogP contribution in [0.1, 0.15) is 31.9 Å². The minimum absolute atomic E-state index is 0.176. The Hall–Kier alpha value is -1.15. The summed E-state index contributed by atoms with van der Waals surface area (Å²) in [4.78, 5) is 0. The summed E-state index contributed by atoms with van der Waals surface area (Å²) in [5, 5.41) is 3.38. The minimum atomic E-state index is -0.176. The standard InChI is InChI=1S/C15H22FN/c1-11(2)9-17-10-12(3)7-14-8-15(16)6-5-13(14)4/h5-8,11,17H,9-10H2,1-4H3/b12-7+. The molecule has 2 heteroatoms. The zero-order valence-corrected chi connectivity index (χ0v) is 11.2. The summed E-state index contributed by atoms with van der Waals surface area (Å²) in [6, 6.07) is 4.90. The van der Waals surface area contributed by atoms with Crippen molar-refractivity contribution in [3.8, 4) is 0 Å². The van der Waals surface area contributed by atoms with Gasteiger partial charge >= 0.3 is 0 Å². The molecule has 0 radical (unpaired) electrons. The monoisotopic (exact) mass is 235 g/mol. The van der Waals surface area contributed by atoms with Crippen molar-refractivity contribution in [2.45, 2.75) is 27.7 Å². The summed E-state index contributed by atoms with van der Waals surface area (Å²) < 4.78 is 13.1. The Kier molecular flexibility index (Phi) is 5.36. The van der Waals surface area contributed by atoms with Gasteiger partial charge in [-0.3, -0.25) is 0 Å². The van der Waals surface area contributed by atoms with Crippen molar-refractivity contribution < 1.29 is 4.39 Å². The first-order valence-electron chi connectivity index (χ1n) is 6.13. The Morgan fingerprint density at radius 1 is 1.41 bits per heavy atom. The van der Waals surface area contributed by atoms with Gasteiger partial charge in [0.2, 0.25) is 0 Å². The average molecular weight is 235 g/mol. The quantitative estimate of drug-likeness (QED) is 0.819.